The van der Waals surface area contributed by atoms with Crippen molar-refractivity contribution in [3.8, 4) is 0 Å². The fourth-order valence-electron chi connectivity index (χ4n) is 4.01. The van der Waals surface area contributed by atoms with Gasteiger partial charge in [-0.05, 0) is 51.9 Å². The lowest BCUT2D eigenvalue weighted by molar-refractivity contribution is -0.146. The third-order valence-corrected chi connectivity index (χ3v) is 6.81. The van der Waals surface area contributed by atoms with Gasteiger partial charge in [0.1, 0.15) is 6.04 Å². The second-order valence-corrected chi connectivity index (χ2v) is 9.68. The SMILES string of the molecule is CCC1(COC(C)C(NC(=O)C(C)C)C(=O)N2CCC(C)CC2)CCC(C)OC1. The topological polar surface area (TPSA) is 67.9 Å². The molecular formula is C23H42N2O4. The van der Waals surface area contributed by atoms with E-state index in [1.54, 1.807) is 0 Å². The molecule has 2 aliphatic heterocycles. The van der Waals surface area contributed by atoms with Gasteiger partial charge in [0.25, 0.3) is 0 Å². The van der Waals surface area contributed by atoms with E-state index < -0.39 is 6.04 Å². The molecule has 0 bridgehead atoms. The van der Waals surface area contributed by atoms with Crippen LogP contribution in [-0.2, 0) is 19.1 Å². The number of likely N-dealkylation sites (tertiary alicyclic amines) is 1. The predicted molar refractivity (Wildman–Crippen MR) is 115 cm³/mol. The maximum atomic E-state index is 13.3. The lowest BCUT2D eigenvalue weighted by Crippen LogP contribution is -2.56. The van der Waals surface area contributed by atoms with E-state index >= 15 is 0 Å². The molecule has 0 aromatic heterocycles. The third-order valence-electron chi connectivity index (χ3n) is 6.81. The summed E-state index contributed by atoms with van der Waals surface area (Å²) < 4.78 is 12.1. The van der Waals surface area contributed by atoms with Crippen molar-refractivity contribution in [1.29, 1.82) is 0 Å². The van der Waals surface area contributed by atoms with Gasteiger partial charge in [0, 0.05) is 24.4 Å². The molecule has 6 nitrogen and oxygen atoms in total. The summed E-state index contributed by atoms with van der Waals surface area (Å²) in [4.78, 5) is 27.6. The van der Waals surface area contributed by atoms with Crippen molar-refractivity contribution in [2.45, 2.75) is 91.9 Å². The van der Waals surface area contributed by atoms with Crippen LogP contribution in [0.15, 0.2) is 0 Å². The van der Waals surface area contributed by atoms with Crippen molar-refractivity contribution in [2.75, 3.05) is 26.3 Å². The smallest absolute Gasteiger partial charge is 0.247 e. The van der Waals surface area contributed by atoms with Crippen LogP contribution in [0.5, 0.6) is 0 Å². The van der Waals surface area contributed by atoms with Crippen molar-refractivity contribution in [3.63, 3.8) is 0 Å². The van der Waals surface area contributed by atoms with Crippen LogP contribution in [0.25, 0.3) is 0 Å². The van der Waals surface area contributed by atoms with Crippen LogP contribution in [0.4, 0.5) is 0 Å². The zero-order valence-corrected chi connectivity index (χ0v) is 19.3. The third kappa shape index (κ3) is 6.68. The molecule has 0 saturated carbocycles. The van der Waals surface area contributed by atoms with Gasteiger partial charge >= 0.3 is 0 Å². The van der Waals surface area contributed by atoms with Crippen LogP contribution in [-0.4, -0.2) is 61.3 Å². The Hall–Kier alpha value is -1.14. The fourth-order valence-corrected chi connectivity index (χ4v) is 4.01. The number of nitrogens with zero attached hydrogens (tertiary/aromatic N) is 1. The first-order chi connectivity index (χ1) is 13.7. The highest BCUT2D eigenvalue weighted by atomic mass is 16.5. The number of ether oxygens (including phenoxy) is 2. The van der Waals surface area contributed by atoms with Gasteiger partial charge < -0.3 is 19.7 Å². The van der Waals surface area contributed by atoms with Crippen LogP contribution in [0.3, 0.4) is 0 Å². The molecule has 0 spiro atoms. The summed E-state index contributed by atoms with van der Waals surface area (Å²) in [7, 11) is 0. The van der Waals surface area contributed by atoms with E-state index in [4.69, 9.17) is 9.47 Å². The first-order valence-electron chi connectivity index (χ1n) is 11.5. The Bertz CT molecular complexity index is 535. The standard InChI is InChI=1S/C23H42N2O4/c1-7-23(11-8-18(5)28-14-23)15-29-19(6)20(24-21(26)16(2)3)22(27)25-12-9-17(4)10-13-25/h16-20H,7-15H2,1-6H3,(H,24,26). The summed E-state index contributed by atoms with van der Waals surface area (Å²) in [6.07, 6.45) is 5.02. The molecule has 2 amide bonds. The van der Waals surface area contributed by atoms with Crippen molar-refractivity contribution in [1.82, 2.24) is 10.2 Å². The van der Waals surface area contributed by atoms with E-state index in [-0.39, 0.29) is 29.3 Å². The zero-order chi connectivity index (χ0) is 21.6. The molecule has 4 atom stereocenters. The molecule has 2 saturated heterocycles. The Morgan fingerprint density at radius 2 is 1.83 bits per heavy atom. The quantitative estimate of drug-likeness (QED) is 0.666. The first kappa shape index (κ1) is 24.1. The predicted octanol–water partition coefficient (Wildman–Crippen LogP) is 3.39. The van der Waals surface area contributed by atoms with E-state index in [9.17, 15) is 9.59 Å². The normalized spacial score (nSPS) is 28.2. The van der Waals surface area contributed by atoms with Gasteiger partial charge in [0.05, 0.1) is 25.4 Å². The molecule has 2 rings (SSSR count). The molecule has 0 aromatic rings. The van der Waals surface area contributed by atoms with Crippen LogP contribution in [0, 0.1) is 17.3 Å². The van der Waals surface area contributed by atoms with Crippen LogP contribution in [0.2, 0.25) is 0 Å². The monoisotopic (exact) mass is 410 g/mol. The summed E-state index contributed by atoms with van der Waals surface area (Å²) in [6, 6.07) is -0.643. The van der Waals surface area contributed by atoms with Gasteiger partial charge in [-0.15, -0.1) is 0 Å². The van der Waals surface area contributed by atoms with Crippen LogP contribution < -0.4 is 5.32 Å². The molecule has 0 aliphatic carbocycles. The molecule has 168 valence electrons. The molecule has 4 unspecified atom stereocenters. The average Bonchev–Trinajstić information content (AvgIpc) is 2.71. The Labute approximate surface area is 177 Å². The Kier molecular flexibility index (Phi) is 8.95. The van der Waals surface area contributed by atoms with Crippen molar-refractivity contribution in [2.24, 2.45) is 17.3 Å². The highest BCUT2D eigenvalue weighted by Crippen LogP contribution is 2.35. The van der Waals surface area contributed by atoms with Gasteiger partial charge in [-0.3, -0.25) is 9.59 Å². The fraction of sp³-hybridized carbons (Fsp3) is 0.913. The van der Waals surface area contributed by atoms with Crippen LogP contribution in [0.1, 0.15) is 73.6 Å². The highest BCUT2D eigenvalue weighted by molar-refractivity contribution is 5.88. The second kappa shape index (κ2) is 10.8. The minimum absolute atomic E-state index is 0.00300. The van der Waals surface area contributed by atoms with Crippen LogP contribution >= 0.6 is 0 Å². The van der Waals surface area contributed by atoms with Crippen molar-refractivity contribution in [3.05, 3.63) is 0 Å². The van der Waals surface area contributed by atoms with Crippen molar-refractivity contribution < 1.29 is 19.1 Å². The lowest BCUT2D eigenvalue weighted by Gasteiger charge is -2.40. The summed E-state index contributed by atoms with van der Waals surface area (Å²) in [5.74, 6) is 0.352. The number of amides is 2. The number of nitrogens with one attached hydrogen (secondary N) is 1. The van der Waals surface area contributed by atoms with E-state index in [1.165, 1.54) is 0 Å². The summed E-state index contributed by atoms with van der Waals surface area (Å²) >= 11 is 0. The van der Waals surface area contributed by atoms with E-state index in [2.05, 4.69) is 26.1 Å². The van der Waals surface area contributed by atoms with Gasteiger partial charge in [0.2, 0.25) is 11.8 Å². The maximum absolute atomic E-state index is 13.3. The average molecular weight is 411 g/mol. The molecular weight excluding hydrogens is 368 g/mol. The number of carbonyl (C=O) groups is 2. The number of hydrogen-bond acceptors (Lipinski definition) is 4. The number of rotatable bonds is 8. The maximum Gasteiger partial charge on any atom is 0.247 e. The molecule has 6 heteroatoms. The van der Waals surface area contributed by atoms with Gasteiger partial charge in [-0.1, -0.05) is 27.7 Å². The van der Waals surface area contributed by atoms with E-state index in [1.807, 2.05) is 25.7 Å². The number of piperidine rings is 1. The highest BCUT2D eigenvalue weighted by Gasteiger charge is 2.37. The summed E-state index contributed by atoms with van der Waals surface area (Å²) in [5.41, 5.74) is -0.00300. The Morgan fingerprint density at radius 1 is 1.17 bits per heavy atom. The summed E-state index contributed by atoms with van der Waals surface area (Å²) in [5, 5.41) is 2.96. The van der Waals surface area contributed by atoms with E-state index in [0.29, 0.717) is 25.2 Å². The zero-order valence-electron chi connectivity index (χ0n) is 19.3. The molecule has 1 N–H and O–H groups in total. The number of carbonyl (C=O) groups excluding carboxylic acids is 2. The molecule has 29 heavy (non-hydrogen) atoms. The Morgan fingerprint density at radius 3 is 2.34 bits per heavy atom. The molecule has 2 fully saturated rings. The first-order valence-corrected chi connectivity index (χ1v) is 11.5. The molecule has 0 aromatic carbocycles. The van der Waals surface area contributed by atoms with Gasteiger partial charge in [-0.2, -0.15) is 0 Å². The van der Waals surface area contributed by atoms with Crippen molar-refractivity contribution >= 4 is 11.8 Å². The molecule has 0 radical (unpaired) electrons. The van der Waals surface area contributed by atoms with Gasteiger partial charge in [-0.25, -0.2) is 0 Å². The Balaban J connectivity index is 2.04. The number of hydrogen-bond donors (Lipinski definition) is 1. The van der Waals surface area contributed by atoms with Gasteiger partial charge in [0.15, 0.2) is 0 Å². The molecule has 2 heterocycles. The lowest BCUT2D eigenvalue weighted by atomic mass is 9.79. The van der Waals surface area contributed by atoms with E-state index in [0.717, 1.165) is 45.2 Å². The second-order valence-electron chi connectivity index (χ2n) is 9.68. The minimum atomic E-state index is -0.643. The minimum Gasteiger partial charge on any atom is -0.378 e. The largest absolute Gasteiger partial charge is 0.378 e. The molecule has 2 aliphatic rings. The summed E-state index contributed by atoms with van der Waals surface area (Å²) in [6.45, 7) is 14.9.